The van der Waals surface area contributed by atoms with Crippen LogP contribution in [0.1, 0.15) is 5.56 Å². The summed E-state index contributed by atoms with van der Waals surface area (Å²) in [6, 6.07) is 9.36. The topological polar surface area (TPSA) is 83.5 Å². The molecule has 1 aromatic carbocycles. The predicted molar refractivity (Wildman–Crippen MR) is 95.1 cm³/mol. The molecular formula is C16H16N4O3S2. The van der Waals surface area contributed by atoms with Gasteiger partial charge in [0.25, 0.3) is 11.1 Å². The Kier molecular flexibility index (Phi) is 5.01. The van der Waals surface area contributed by atoms with Crippen molar-refractivity contribution >= 4 is 32.4 Å². The summed E-state index contributed by atoms with van der Waals surface area (Å²) in [6.45, 7) is 2.15. The average Bonchev–Trinajstić information content (AvgIpc) is 3.11. The minimum absolute atomic E-state index is 0.153. The standard InChI is InChI=1S/C16H16N4O3S2/c1-25(22,23)15-17-16(24-18-15)20-11-9-19(10-12-20)14(21)8-7-13-5-3-2-4-6-13/h2-6H,9-12H2,1H3. The molecule has 0 atom stereocenters. The Morgan fingerprint density at radius 2 is 1.84 bits per heavy atom. The van der Waals surface area contributed by atoms with Crippen molar-refractivity contribution in [3.63, 3.8) is 0 Å². The second kappa shape index (κ2) is 7.21. The SMILES string of the molecule is CS(=O)(=O)c1nsc(N2CCN(C(=O)C#Cc3ccccc3)CC2)n1. The molecule has 0 bridgehead atoms. The normalized spacial score (nSPS) is 14.8. The molecule has 1 aliphatic rings. The molecular weight excluding hydrogens is 360 g/mol. The van der Waals surface area contributed by atoms with Gasteiger partial charge >= 0.3 is 0 Å². The molecule has 0 unspecified atom stereocenters. The number of piperazine rings is 1. The minimum Gasteiger partial charge on any atom is -0.343 e. The molecule has 0 radical (unpaired) electrons. The zero-order valence-electron chi connectivity index (χ0n) is 13.5. The number of carbonyl (C=O) groups is 1. The van der Waals surface area contributed by atoms with Crippen molar-refractivity contribution in [1.29, 1.82) is 0 Å². The third kappa shape index (κ3) is 4.35. The van der Waals surface area contributed by atoms with Crippen LogP contribution in [0.2, 0.25) is 0 Å². The van der Waals surface area contributed by atoms with Crippen LogP contribution in [0.5, 0.6) is 0 Å². The van der Waals surface area contributed by atoms with E-state index in [2.05, 4.69) is 21.2 Å². The predicted octanol–water partition coefficient (Wildman–Crippen LogP) is 0.642. The molecule has 2 aromatic rings. The summed E-state index contributed by atoms with van der Waals surface area (Å²) in [4.78, 5) is 19.9. The monoisotopic (exact) mass is 376 g/mol. The maximum atomic E-state index is 12.2. The second-order valence-corrected chi connectivity index (χ2v) is 8.17. The van der Waals surface area contributed by atoms with Crippen LogP contribution < -0.4 is 4.90 Å². The van der Waals surface area contributed by atoms with Crippen LogP contribution in [0.4, 0.5) is 5.13 Å². The minimum atomic E-state index is -3.40. The van der Waals surface area contributed by atoms with Crippen molar-refractivity contribution in [3.8, 4) is 11.8 Å². The van der Waals surface area contributed by atoms with E-state index in [1.165, 1.54) is 0 Å². The van der Waals surface area contributed by atoms with Crippen molar-refractivity contribution < 1.29 is 13.2 Å². The summed E-state index contributed by atoms with van der Waals surface area (Å²) in [7, 11) is -3.40. The molecule has 2 heterocycles. The molecule has 1 fully saturated rings. The number of anilines is 1. The summed E-state index contributed by atoms with van der Waals surface area (Å²) in [5.74, 6) is 5.31. The van der Waals surface area contributed by atoms with Gasteiger partial charge in [-0.05, 0) is 12.1 Å². The molecule has 1 aromatic heterocycles. The summed E-state index contributed by atoms with van der Waals surface area (Å²) < 4.78 is 26.8. The van der Waals surface area contributed by atoms with Gasteiger partial charge in [-0.25, -0.2) is 8.42 Å². The lowest BCUT2D eigenvalue weighted by Gasteiger charge is -2.33. The molecule has 9 heteroatoms. The maximum absolute atomic E-state index is 12.2. The summed E-state index contributed by atoms with van der Waals surface area (Å²) in [6.07, 6.45) is 1.08. The lowest BCUT2D eigenvalue weighted by atomic mass is 10.2. The second-order valence-electron chi connectivity index (χ2n) is 5.53. The molecule has 1 saturated heterocycles. The van der Waals surface area contributed by atoms with E-state index in [1.54, 1.807) is 4.90 Å². The fourth-order valence-corrected chi connectivity index (χ4v) is 3.90. The average molecular weight is 376 g/mol. The molecule has 7 nitrogen and oxygen atoms in total. The quantitative estimate of drug-likeness (QED) is 0.716. The smallest absolute Gasteiger partial charge is 0.298 e. The Labute approximate surface area is 150 Å². The molecule has 0 spiro atoms. The van der Waals surface area contributed by atoms with Gasteiger partial charge in [-0.3, -0.25) is 4.79 Å². The van der Waals surface area contributed by atoms with E-state index in [-0.39, 0.29) is 11.1 Å². The van der Waals surface area contributed by atoms with E-state index in [1.807, 2.05) is 35.2 Å². The summed E-state index contributed by atoms with van der Waals surface area (Å²) in [5.41, 5.74) is 0.802. The van der Waals surface area contributed by atoms with E-state index in [9.17, 15) is 13.2 Å². The molecule has 1 amide bonds. The molecule has 0 aliphatic carbocycles. The Bertz CT molecular complexity index is 921. The zero-order chi connectivity index (χ0) is 17.9. The fraction of sp³-hybridized carbons (Fsp3) is 0.312. The Morgan fingerprint density at radius 1 is 1.16 bits per heavy atom. The fourth-order valence-electron chi connectivity index (χ4n) is 2.31. The van der Waals surface area contributed by atoms with Crippen LogP contribution in [0.3, 0.4) is 0 Å². The number of nitrogens with zero attached hydrogens (tertiary/aromatic N) is 4. The van der Waals surface area contributed by atoms with E-state index >= 15 is 0 Å². The first-order valence-corrected chi connectivity index (χ1v) is 10.2. The van der Waals surface area contributed by atoms with Crippen LogP contribution in [-0.2, 0) is 14.6 Å². The van der Waals surface area contributed by atoms with Gasteiger partial charge in [-0.15, -0.1) is 0 Å². The van der Waals surface area contributed by atoms with Crippen LogP contribution in [0.15, 0.2) is 35.5 Å². The van der Waals surface area contributed by atoms with E-state index in [4.69, 9.17) is 0 Å². The van der Waals surface area contributed by atoms with Gasteiger partial charge in [-0.2, -0.15) is 9.36 Å². The van der Waals surface area contributed by atoms with Crippen LogP contribution >= 0.6 is 11.5 Å². The highest BCUT2D eigenvalue weighted by Crippen LogP contribution is 2.21. The number of rotatable bonds is 2. The van der Waals surface area contributed by atoms with Gasteiger partial charge < -0.3 is 9.80 Å². The van der Waals surface area contributed by atoms with Gasteiger partial charge in [0.15, 0.2) is 0 Å². The van der Waals surface area contributed by atoms with E-state index in [0.717, 1.165) is 23.4 Å². The van der Waals surface area contributed by atoms with Crippen molar-refractivity contribution in [2.24, 2.45) is 0 Å². The highest BCUT2D eigenvalue weighted by molar-refractivity contribution is 7.90. The third-order valence-electron chi connectivity index (χ3n) is 3.65. The van der Waals surface area contributed by atoms with E-state index < -0.39 is 9.84 Å². The molecule has 25 heavy (non-hydrogen) atoms. The number of carbonyl (C=O) groups excluding carboxylic acids is 1. The number of hydrogen-bond donors (Lipinski definition) is 0. The van der Waals surface area contributed by atoms with E-state index in [0.29, 0.717) is 31.3 Å². The Hall–Kier alpha value is -2.44. The van der Waals surface area contributed by atoms with Gasteiger partial charge in [-0.1, -0.05) is 24.1 Å². The largest absolute Gasteiger partial charge is 0.343 e. The van der Waals surface area contributed by atoms with Crippen molar-refractivity contribution in [3.05, 3.63) is 35.9 Å². The highest BCUT2D eigenvalue weighted by atomic mass is 32.2. The third-order valence-corrected chi connectivity index (χ3v) is 5.39. The molecule has 130 valence electrons. The number of hydrogen-bond acceptors (Lipinski definition) is 7. The maximum Gasteiger partial charge on any atom is 0.298 e. The van der Waals surface area contributed by atoms with Gasteiger partial charge in [0.1, 0.15) is 0 Å². The number of amides is 1. The zero-order valence-corrected chi connectivity index (χ0v) is 15.2. The number of sulfone groups is 1. The van der Waals surface area contributed by atoms with Crippen molar-refractivity contribution in [1.82, 2.24) is 14.3 Å². The van der Waals surface area contributed by atoms with Gasteiger partial charge in [0.05, 0.1) is 0 Å². The number of benzene rings is 1. The first-order chi connectivity index (χ1) is 11.9. The number of aromatic nitrogens is 2. The Balaban J connectivity index is 1.59. The molecule has 3 rings (SSSR count). The van der Waals surface area contributed by atoms with Gasteiger partial charge in [0.2, 0.25) is 15.0 Å². The highest BCUT2D eigenvalue weighted by Gasteiger charge is 2.24. The summed E-state index contributed by atoms with van der Waals surface area (Å²) >= 11 is 1.05. The first-order valence-electron chi connectivity index (χ1n) is 7.58. The first kappa shape index (κ1) is 17.4. The lowest BCUT2D eigenvalue weighted by Crippen LogP contribution is -2.48. The van der Waals surface area contributed by atoms with Crippen LogP contribution in [-0.4, -0.2) is 61.0 Å². The molecule has 0 N–H and O–H groups in total. The molecule has 0 saturated carbocycles. The van der Waals surface area contributed by atoms with Crippen molar-refractivity contribution in [2.45, 2.75) is 5.16 Å². The van der Waals surface area contributed by atoms with Crippen LogP contribution in [0, 0.1) is 11.8 Å². The van der Waals surface area contributed by atoms with Gasteiger partial charge in [0, 0.05) is 55.5 Å². The Morgan fingerprint density at radius 3 is 2.44 bits per heavy atom. The summed E-state index contributed by atoms with van der Waals surface area (Å²) in [5, 5.41) is 0.405. The lowest BCUT2D eigenvalue weighted by molar-refractivity contribution is -0.125. The van der Waals surface area contributed by atoms with Crippen LogP contribution in [0.25, 0.3) is 0 Å². The molecule has 1 aliphatic heterocycles. The van der Waals surface area contributed by atoms with Crippen molar-refractivity contribution in [2.75, 3.05) is 37.3 Å².